The molecule has 4 unspecified atom stereocenters. The number of unbranched alkanes of at least 4 members (excludes halogenated alkanes) is 1. The summed E-state index contributed by atoms with van der Waals surface area (Å²) < 4.78 is 0. The number of nitrogens with one attached hydrogen (secondary N) is 3. The highest BCUT2D eigenvalue weighted by Crippen LogP contribution is 2.08. The lowest BCUT2D eigenvalue weighted by atomic mass is 10.0. The van der Waals surface area contributed by atoms with Gasteiger partial charge < -0.3 is 38.3 Å². The number of carbonyl (C=O) groups is 5. The number of primary amides is 1. The SMILES string of the molecule is NCCCCC(NC(=O)C(CC(N)=O)NC(=O)C(N)Cc1ccccc1)C(=O)NC(Cc1ccccc1)C(=O)O. The largest absolute Gasteiger partial charge is 0.480 e. The van der Waals surface area contributed by atoms with E-state index in [1.807, 2.05) is 6.07 Å². The molecule has 0 fully saturated rings. The second kappa shape index (κ2) is 16.6. The van der Waals surface area contributed by atoms with Gasteiger partial charge in [0.15, 0.2) is 0 Å². The van der Waals surface area contributed by atoms with Crippen LogP contribution in [0.3, 0.4) is 0 Å². The van der Waals surface area contributed by atoms with Gasteiger partial charge in [0.2, 0.25) is 23.6 Å². The third-order valence-corrected chi connectivity index (χ3v) is 6.15. The Morgan fingerprint density at radius 3 is 1.73 bits per heavy atom. The summed E-state index contributed by atoms with van der Waals surface area (Å²) in [5.41, 5.74) is 18.4. The van der Waals surface area contributed by atoms with Gasteiger partial charge in [-0.25, -0.2) is 4.79 Å². The first-order valence-corrected chi connectivity index (χ1v) is 13.1. The van der Waals surface area contributed by atoms with Gasteiger partial charge in [-0.1, -0.05) is 60.7 Å². The zero-order valence-electron chi connectivity index (χ0n) is 22.3. The fourth-order valence-electron chi connectivity index (χ4n) is 4.01. The van der Waals surface area contributed by atoms with Crippen molar-refractivity contribution in [2.24, 2.45) is 17.2 Å². The quantitative estimate of drug-likeness (QED) is 0.124. The average molecular weight is 555 g/mol. The van der Waals surface area contributed by atoms with Crippen LogP contribution in [0.2, 0.25) is 0 Å². The van der Waals surface area contributed by atoms with Crippen molar-refractivity contribution in [2.75, 3.05) is 6.54 Å². The monoisotopic (exact) mass is 554 g/mol. The Morgan fingerprint density at radius 1 is 0.700 bits per heavy atom. The van der Waals surface area contributed by atoms with Gasteiger partial charge in [0.25, 0.3) is 0 Å². The first-order valence-electron chi connectivity index (χ1n) is 13.1. The lowest BCUT2D eigenvalue weighted by Gasteiger charge is -2.25. The van der Waals surface area contributed by atoms with E-state index < -0.39 is 60.2 Å². The maximum absolute atomic E-state index is 13.2. The van der Waals surface area contributed by atoms with Gasteiger partial charge in [-0.15, -0.1) is 0 Å². The Bertz CT molecular complexity index is 1130. The van der Waals surface area contributed by atoms with Crippen LogP contribution in [0.25, 0.3) is 0 Å². The Balaban J connectivity index is 2.13. The van der Waals surface area contributed by atoms with Crippen molar-refractivity contribution < 1.29 is 29.1 Å². The van der Waals surface area contributed by atoms with Crippen LogP contribution in [0.15, 0.2) is 60.7 Å². The highest BCUT2D eigenvalue weighted by atomic mass is 16.4. The number of hydrogen-bond acceptors (Lipinski definition) is 7. The standard InChI is InChI=1S/C28H38N6O6/c29-14-8-7-13-21(26(37)34-23(28(39)40)16-19-11-5-2-6-12-19)32-27(38)22(17-24(31)35)33-25(36)20(30)15-18-9-3-1-4-10-18/h1-6,9-12,20-23H,7-8,13-17,29-30H2,(H2,31,35)(H,32,38)(H,33,36)(H,34,37)(H,39,40). The predicted octanol–water partition coefficient (Wildman–Crippen LogP) is -0.657. The van der Waals surface area contributed by atoms with Crippen molar-refractivity contribution in [1.29, 1.82) is 0 Å². The third-order valence-electron chi connectivity index (χ3n) is 6.15. The Labute approximate surface area is 233 Å². The van der Waals surface area contributed by atoms with Gasteiger partial charge in [0, 0.05) is 6.42 Å². The summed E-state index contributed by atoms with van der Waals surface area (Å²) in [6, 6.07) is 13.0. The van der Waals surface area contributed by atoms with Gasteiger partial charge >= 0.3 is 5.97 Å². The summed E-state index contributed by atoms with van der Waals surface area (Å²) in [5.74, 6) is -4.32. The fraction of sp³-hybridized carbons (Fsp3) is 0.393. The topological polar surface area (TPSA) is 220 Å². The lowest BCUT2D eigenvalue weighted by molar-refractivity contribution is -0.142. The average Bonchev–Trinajstić information content (AvgIpc) is 2.92. The number of carbonyl (C=O) groups excluding carboxylic acids is 4. The first-order chi connectivity index (χ1) is 19.1. The number of carboxylic acids is 1. The van der Waals surface area contributed by atoms with E-state index in [1.165, 1.54) is 0 Å². The zero-order chi connectivity index (χ0) is 29.5. The second-order valence-electron chi connectivity index (χ2n) is 9.46. The molecule has 0 aliphatic heterocycles. The second-order valence-corrected chi connectivity index (χ2v) is 9.46. The van der Waals surface area contributed by atoms with E-state index in [2.05, 4.69) is 16.0 Å². The van der Waals surface area contributed by atoms with E-state index in [4.69, 9.17) is 17.2 Å². The van der Waals surface area contributed by atoms with Crippen LogP contribution in [0.1, 0.15) is 36.8 Å². The number of nitrogens with two attached hydrogens (primary N) is 3. The van der Waals surface area contributed by atoms with Crippen LogP contribution in [-0.4, -0.2) is 65.4 Å². The Kier molecular flexibility index (Phi) is 13.3. The molecule has 2 aromatic carbocycles. The maximum Gasteiger partial charge on any atom is 0.326 e. The molecule has 12 nitrogen and oxygen atoms in total. The summed E-state index contributed by atoms with van der Waals surface area (Å²) in [5, 5.41) is 17.1. The summed E-state index contributed by atoms with van der Waals surface area (Å²) in [7, 11) is 0. The van der Waals surface area contributed by atoms with Crippen LogP contribution < -0.4 is 33.2 Å². The van der Waals surface area contributed by atoms with Crippen molar-refractivity contribution in [3.8, 4) is 0 Å². The van der Waals surface area contributed by atoms with Gasteiger partial charge in [0.1, 0.15) is 18.1 Å². The summed E-state index contributed by atoms with van der Waals surface area (Å²) in [6.07, 6.45) is 0.863. The number of hydrogen-bond donors (Lipinski definition) is 7. The van der Waals surface area contributed by atoms with E-state index in [0.717, 1.165) is 5.56 Å². The van der Waals surface area contributed by atoms with Gasteiger partial charge in [-0.2, -0.15) is 0 Å². The molecule has 0 spiro atoms. The first kappa shape index (κ1) is 31.9. The van der Waals surface area contributed by atoms with E-state index in [9.17, 15) is 29.1 Å². The minimum Gasteiger partial charge on any atom is -0.480 e. The van der Waals surface area contributed by atoms with Crippen molar-refractivity contribution in [1.82, 2.24) is 16.0 Å². The molecule has 10 N–H and O–H groups in total. The van der Waals surface area contributed by atoms with E-state index in [1.54, 1.807) is 54.6 Å². The molecule has 4 atom stereocenters. The molecular weight excluding hydrogens is 516 g/mol. The molecule has 0 saturated heterocycles. The molecule has 216 valence electrons. The molecule has 0 radical (unpaired) electrons. The number of aliphatic carboxylic acids is 1. The molecule has 12 heteroatoms. The molecule has 2 aromatic rings. The van der Waals surface area contributed by atoms with E-state index >= 15 is 0 Å². The third kappa shape index (κ3) is 11.2. The number of amides is 4. The molecule has 2 rings (SSSR count). The molecule has 0 aliphatic rings. The normalized spacial score (nSPS) is 13.8. The van der Waals surface area contributed by atoms with E-state index in [0.29, 0.717) is 24.9 Å². The molecule has 0 aromatic heterocycles. The number of rotatable bonds is 17. The van der Waals surface area contributed by atoms with Gasteiger partial charge in [-0.05, 0) is 43.4 Å². The van der Waals surface area contributed by atoms with Crippen molar-refractivity contribution in [2.45, 2.75) is 62.7 Å². The highest BCUT2D eigenvalue weighted by Gasteiger charge is 2.31. The molecule has 0 saturated carbocycles. The van der Waals surface area contributed by atoms with Gasteiger partial charge in [0.05, 0.1) is 12.5 Å². The number of benzene rings is 2. The molecule has 4 amide bonds. The summed E-state index contributed by atoms with van der Waals surface area (Å²) >= 11 is 0. The molecular formula is C28H38N6O6. The van der Waals surface area contributed by atoms with Crippen molar-refractivity contribution in [3.63, 3.8) is 0 Å². The molecule has 0 heterocycles. The highest BCUT2D eigenvalue weighted by molar-refractivity contribution is 5.96. The zero-order valence-corrected chi connectivity index (χ0v) is 22.3. The lowest BCUT2D eigenvalue weighted by Crippen LogP contribution is -2.58. The fourth-order valence-corrected chi connectivity index (χ4v) is 4.01. The van der Waals surface area contributed by atoms with E-state index in [-0.39, 0.29) is 19.3 Å². The summed E-state index contributed by atoms with van der Waals surface area (Å²) in [4.78, 5) is 62.6. The van der Waals surface area contributed by atoms with Gasteiger partial charge in [-0.3, -0.25) is 19.2 Å². The Hall–Kier alpha value is -4.29. The van der Waals surface area contributed by atoms with Crippen molar-refractivity contribution >= 4 is 29.6 Å². The maximum atomic E-state index is 13.2. The smallest absolute Gasteiger partial charge is 0.326 e. The van der Waals surface area contributed by atoms with Crippen molar-refractivity contribution in [3.05, 3.63) is 71.8 Å². The Morgan fingerprint density at radius 2 is 1.20 bits per heavy atom. The van der Waals surface area contributed by atoms with Crippen LogP contribution in [0.5, 0.6) is 0 Å². The minimum atomic E-state index is -1.39. The summed E-state index contributed by atoms with van der Waals surface area (Å²) in [6.45, 7) is 0.355. The van der Waals surface area contributed by atoms with Crippen LogP contribution in [-0.2, 0) is 36.8 Å². The molecule has 0 bridgehead atoms. The molecule has 0 aliphatic carbocycles. The van der Waals surface area contributed by atoms with Crippen LogP contribution >= 0.6 is 0 Å². The predicted molar refractivity (Wildman–Crippen MR) is 148 cm³/mol. The minimum absolute atomic E-state index is 0.0328. The molecule has 40 heavy (non-hydrogen) atoms. The number of carboxylic acid groups (broad SMARTS) is 1. The van der Waals surface area contributed by atoms with Crippen LogP contribution in [0.4, 0.5) is 0 Å². The van der Waals surface area contributed by atoms with Crippen LogP contribution in [0, 0.1) is 0 Å².